The maximum Gasteiger partial charge on any atom is 0.223 e. The molecular weight excluding hydrogens is 298 g/mol. The molecule has 0 aliphatic heterocycles. The van der Waals surface area contributed by atoms with Crippen LogP contribution >= 0.6 is 0 Å². The molecule has 0 radical (unpaired) electrons. The van der Waals surface area contributed by atoms with Gasteiger partial charge in [0.1, 0.15) is 0 Å². The van der Waals surface area contributed by atoms with Gasteiger partial charge in [-0.05, 0) is 53.7 Å². The number of aryl methyl sites for hydroxylation is 2. The van der Waals surface area contributed by atoms with E-state index < -0.39 is 0 Å². The summed E-state index contributed by atoms with van der Waals surface area (Å²) in [6, 6.07) is 4.20. The highest BCUT2D eigenvalue weighted by Crippen LogP contribution is 2.25. The number of aromatic nitrogens is 3. The van der Waals surface area contributed by atoms with Crippen molar-refractivity contribution in [2.24, 2.45) is 4.99 Å². The van der Waals surface area contributed by atoms with Crippen molar-refractivity contribution < 1.29 is 0 Å². The Balaban J connectivity index is 2.32. The third-order valence-electron chi connectivity index (χ3n) is 3.43. The van der Waals surface area contributed by atoms with Gasteiger partial charge in [0.15, 0.2) is 0 Å². The molecule has 5 heteroatoms. The van der Waals surface area contributed by atoms with E-state index in [1.807, 2.05) is 39.8 Å². The molecule has 0 unspecified atom stereocenters. The van der Waals surface area contributed by atoms with Crippen LogP contribution in [0.15, 0.2) is 29.9 Å². The van der Waals surface area contributed by atoms with Gasteiger partial charge in [0.25, 0.3) is 0 Å². The van der Waals surface area contributed by atoms with Crippen LogP contribution < -0.4 is 5.32 Å². The Morgan fingerprint density at radius 3 is 2.38 bits per heavy atom. The molecule has 24 heavy (non-hydrogen) atoms. The Bertz CT molecular complexity index is 786. The average molecular weight is 323 g/mol. The predicted octanol–water partition coefficient (Wildman–Crippen LogP) is 4.48. The first-order valence-corrected chi connectivity index (χ1v) is 8.07. The SMILES string of the molecule is C=C(c1ccc(N=C(C)C)c(C)n1)c1cnc(NC(C)C)nc1C. The number of anilines is 1. The first kappa shape index (κ1) is 17.8. The minimum absolute atomic E-state index is 0.290. The van der Waals surface area contributed by atoms with E-state index in [1.54, 1.807) is 6.20 Å². The Hall–Kier alpha value is -2.56. The summed E-state index contributed by atoms with van der Waals surface area (Å²) in [5.74, 6) is 0.631. The number of pyridine rings is 1. The Morgan fingerprint density at radius 1 is 1.12 bits per heavy atom. The Labute approximate surface area is 144 Å². The largest absolute Gasteiger partial charge is 0.352 e. The molecular formula is C19H25N5. The van der Waals surface area contributed by atoms with Gasteiger partial charge >= 0.3 is 0 Å². The second-order valence-corrected chi connectivity index (χ2v) is 6.33. The van der Waals surface area contributed by atoms with Gasteiger partial charge in [0.2, 0.25) is 5.95 Å². The van der Waals surface area contributed by atoms with Crippen LogP contribution in [0.1, 0.15) is 50.3 Å². The second-order valence-electron chi connectivity index (χ2n) is 6.33. The fourth-order valence-corrected chi connectivity index (χ4v) is 2.31. The molecule has 0 aromatic carbocycles. The molecule has 0 aliphatic rings. The minimum atomic E-state index is 0.290. The van der Waals surface area contributed by atoms with E-state index in [2.05, 4.69) is 45.7 Å². The molecule has 2 aromatic rings. The van der Waals surface area contributed by atoms with Gasteiger partial charge in [-0.3, -0.25) is 9.98 Å². The summed E-state index contributed by atoms with van der Waals surface area (Å²) in [4.78, 5) is 18.0. The van der Waals surface area contributed by atoms with Crippen molar-refractivity contribution in [3.8, 4) is 0 Å². The van der Waals surface area contributed by atoms with Gasteiger partial charge in [0.05, 0.1) is 22.8 Å². The maximum absolute atomic E-state index is 4.64. The summed E-state index contributed by atoms with van der Waals surface area (Å²) in [5, 5.41) is 3.20. The molecule has 1 N–H and O–H groups in total. The molecule has 2 aromatic heterocycles. The van der Waals surface area contributed by atoms with Crippen molar-refractivity contribution in [1.29, 1.82) is 0 Å². The second kappa shape index (κ2) is 7.34. The van der Waals surface area contributed by atoms with Crippen LogP contribution in [0.2, 0.25) is 0 Å². The molecule has 0 bridgehead atoms. The molecule has 0 atom stereocenters. The highest BCUT2D eigenvalue weighted by atomic mass is 15.1. The van der Waals surface area contributed by atoms with Crippen molar-refractivity contribution in [2.75, 3.05) is 5.32 Å². The van der Waals surface area contributed by atoms with Crippen molar-refractivity contribution in [2.45, 2.75) is 47.6 Å². The number of hydrogen-bond acceptors (Lipinski definition) is 5. The Kier molecular flexibility index (Phi) is 5.44. The van der Waals surface area contributed by atoms with Crippen molar-refractivity contribution >= 4 is 22.9 Å². The van der Waals surface area contributed by atoms with Crippen LogP contribution in [0.25, 0.3) is 5.57 Å². The molecule has 2 rings (SSSR count). The minimum Gasteiger partial charge on any atom is -0.352 e. The first-order valence-electron chi connectivity index (χ1n) is 8.07. The van der Waals surface area contributed by atoms with Gasteiger partial charge in [-0.2, -0.15) is 0 Å². The van der Waals surface area contributed by atoms with Gasteiger partial charge in [0, 0.05) is 29.1 Å². The van der Waals surface area contributed by atoms with Gasteiger partial charge in [-0.25, -0.2) is 9.97 Å². The van der Waals surface area contributed by atoms with Crippen molar-refractivity contribution in [3.63, 3.8) is 0 Å². The highest BCUT2D eigenvalue weighted by Gasteiger charge is 2.11. The van der Waals surface area contributed by atoms with E-state index in [1.165, 1.54) is 0 Å². The fraction of sp³-hybridized carbons (Fsp3) is 0.368. The van der Waals surface area contributed by atoms with Crippen LogP contribution in [0.4, 0.5) is 11.6 Å². The lowest BCUT2D eigenvalue weighted by atomic mass is 10.0. The normalized spacial score (nSPS) is 10.6. The topological polar surface area (TPSA) is 63.1 Å². The predicted molar refractivity (Wildman–Crippen MR) is 101 cm³/mol. The third-order valence-corrected chi connectivity index (χ3v) is 3.43. The summed E-state index contributed by atoms with van der Waals surface area (Å²) < 4.78 is 0. The summed E-state index contributed by atoms with van der Waals surface area (Å²) in [6.45, 7) is 16.1. The van der Waals surface area contributed by atoms with Gasteiger partial charge < -0.3 is 5.32 Å². The molecule has 2 heterocycles. The van der Waals surface area contributed by atoms with E-state index in [-0.39, 0.29) is 6.04 Å². The van der Waals surface area contributed by atoms with E-state index in [4.69, 9.17) is 0 Å². The molecule has 0 fully saturated rings. The Morgan fingerprint density at radius 2 is 1.83 bits per heavy atom. The van der Waals surface area contributed by atoms with Crippen LogP contribution in [0, 0.1) is 13.8 Å². The molecule has 0 saturated heterocycles. The fourth-order valence-electron chi connectivity index (χ4n) is 2.31. The lowest BCUT2D eigenvalue weighted by molar-refractivity contribution is 0.869. The van der Waals surface area contributed by atoms with Gasteiger partial charge in [-0.1, -0.05) is 6.58 Å². The number of nitrogens with one attached hydrogen (secondary N) is 1. The zero-order chi connectivity index (χ0) is 17.9. The molecule has 0 spiro atoms. The standard InChI is InChI=1S/C19H25N5/c1-11(2)21-18-9-8-17(23-15(18)7)13(5)16-10-20-19(22-12(3)4)24-14(16)6/h8-10,12H,5H2,1-4,6-7H3,(H,20,22,24). The summed E-state index contributed by atoms with van der Waals surface area (Å²) in [5.41, 5.74) is 6.18. The van der Waals surface area contributed by atoms with Crippen molar-refractivity contribution in [1.82, 2.24) is 15.0 Å². The molecule has 0 saturated carbocycles. The maximum atomic E-state index is 4.64. The lowest BCUT2D eigenvalue weighted by Crippen LogP contribution is -2.13. The quantitative estimate of drug-likeness (QED) is 0.824. The molecule has 5 nitrogen and oxygen atoms in total. The van der Waals surface area contributed by atoms with Crippen LogP contribution in [-0.2, 0) is 0 Å². The van der Waals surface area contributed by atoms with E-state index in [0.29, 0.717) is 5.95 Å². The van der Waals surface area contributed by atoms with Gasteiger partial charge in [-0.15, -0.1) is 0 Å². The lowest BCUT2D eigenvalue weighted by Gasteiger charge is -2.12. The van der Waals surface area contributed by atoms with E-state index in [9.17, 15) is 0 Å². The van der Waals surface area contributed by atoms with Crippen molar-refractivity contribution in [3.05, 3.63) is 47.6 Å². The highest BCUT2D eigenvalue weighted by molar-refractivity contribution is 5.83. The van der Waals surface area contributed by atoms with Crippen LogP contribution in [0.5, 0.6) is 0 Å². The van der Waals surface area contributed by atoms with Crippen LogP contribution in [-0.4, -0.2) is 26.7 Å². The number of rotatable bonds is 5. The number of aliphatic imine (C=N–C) groups is 1. The number of hydrogen-bond donors (Lipinski definition) is 1. The third kappa shape index (κ3) is 4.25. The average Bonchev–Trinajstić information content (AvgIpc) is 2.48. The van der Waals surface area contributed by atoms with E-state index >= 15 is 0 Å². The molecule has 126 valence electrons. The first-order chi connectivity index (χ1) is 11.3. The number of nitrogens with zero attached hydrogens (tertiary/aromatic N) is 4. The van der Waals surface area contributed by atoms with E-state index in [0.717, 1.165) is 39.6 Å². The monoisotopic (exact) mass is 323 g/mol. The smallest absolute Gasteiger partial charge is 0.223 e. The zero-order valence-corrected chi connectivity index (χ0v) is 15.3. The summed E-state index contributed by atoms with van der Waals surface area (Å²) >= 11 is 0. The summed E-state index contributed by atoms with van der Waals surface area (Å²) in [6.07, 6.45) is 1.80. The molecule has 0 aliphatic carbocycles. The molecule has 0 amide bonds. The van der Waals surface area contributed by atoms with Crippen LogP contribution in [0.3, 0.4) is 0 Å². The summed E-state index contributed by atoms with van der Waals surface area (Å²) in [7, 11) is 0. The zero-order valence-electron chi connectivity index (χ0n) is 15.3.